The van der Waals surface area contributed by atoms with E-state index in [0.717, 1.165) is 0 Å². The van der Waals surface area contributed by atoms with Crippen LogP contribution in [-0.2, 0) is 19.0 Å². The van der Waals surface area contributed by atoms with Crippen molar-refractivity contribution in [3.8, 4) is 5.75 Å². The Morgan fingerprint density at radius 2 is 1.89 bits per heavy atom. The molecule has 10 heteroatoms. The first-order chi connectivity index (χ1) is 16.8. The van der Waals surface area contributed by atoms with Gasteiger partial charge in [-0.05, 0) is 58.7 Å². The molecule has 1 N–H and O–H groups in total. The summed E-state index contributed by atoms with van der Waals surface area (Å²) in [5.41, 5.74) is -1.46. The number of methoxy groups -OCH3 is 2. The lowest BCUT2D eigenvalue weighted by molar-refractivity contribution is -0.137. The smallest absolute Gasteiger partial charge is 0.437 e. The minimum absolute atomic E-state index is 0.0800. The van der Waals surface area contributed by atoms with Crippen LogP contribution in [0, 0.1) is 0 Å². The summed E-state index contributed by atoms with van der Waals surface area (Å²) in [7, 11) is 2.84. The second kappa shape index (κ2) is 10.1. The Morgan fingerprint density at radius 3 is 2.44 bits per heavy atom. The van der Waals surface area contributed by atoms with Crippen LogP contribution in [0.1, 0.15) is 82.8 Å². The number of hydrogen-bond donors (Lipinski definition) is 1. The fourth-order valence-corrected chi connectivity index (χ4v) is 4.77. The van der Waals surface area contributed by atoms with E-state index in [1.165, 1.54) is 12.0 Å². The predicted molar refractivity (Wildman–Crippen MR) is 133 cm³/mol. The van der Waals surface area contributed by atoms with Crippen LogP contribution in [0.25, 0.3) is 0 Å². The Bertz CT molecular complexity index is 1060. The van der Waals surface area contributed by atoms with Crippen molar-refractivity contribution in [2.45, 2.75) is 83.6 Å². The first kappa shape index (κ1) is 27.4. The molecule has 0 bridgehead atoms. The van der Waals surface area contributed by atoms with Gasteiger partial charge in [0.05, 0.1) is 25.7 Å². The van der Waals surface area contributed by atoms with E-state index < -0.39 is 34.8 Å². The third kappa shape index (κ3) is 5.33. The van der Waals surface area contributed by atoms with Crippen LogP contribution >= 0.6 is 0 Å². The third-order valence-corrected chi connectivity index (χ3v) is 6.64. The van der Waals surface area contributed by atoms with Gasteiger partial charge in [0.25, 0.3) is 0 Å². The summed E-state index contributed by atoms with van der Waals surface area (Å²) in [6.07, 6.45) is 0.673. The molecule has 10 nitrogen and oxygen atoms in total. The van der Waals surface area contributed by atoms with E-state index in [9.17, 15) is 14.4 Å². The van der Waals surface area contributed by atoms with Crippen LogP contribution in [0.15, 0.2) is 23.2 Å². The summed E-state index contributed by atoms with van der Waals surface area (Å²) < 4.78 is 22.1. The van der Waals surface area contributed by atoms with Crippen LogP contribution in [0.2, 0.25) is 0 Å². The minimum Gasteiger partial charge on any atom is -0.482 e. The number of benzene rings is 1. The van der Waals surface area contributed by atoms with Crippen molar-refractivity contribution in [1.29, 1.82) is 0 Å². The summed E-state index contributed by atoms with van der Waals surface area (Å²) in [4.78, 5) is 44.6. The zero-order chi connectivity index (χ0) is 26.9. The molecule has 0 radical (unpaired) electrons. The van der Waals surface area contributed by atoms with E-state index in [-0.39, 0.29) is 24.9 Å². The van der Waals surface area contributed by atoms with Crippen LogP contribution in [-0.4, -0.2) is 66.4 Å². The summed E-state index contributed by atoms with van der Waals surface area (Å²) in [5, 5.41) is 3.37. The Kier molecular flexibility index (Phi) is 7.69. The molecule has 2 amide bonds. The number of fused-ring (bicyclic) bond motifs is 1. The van der Waals surface area contributed by atoms with Gasteiger partial charge in [-0.2, -0.15) is 0 Å². The van der Waals surface area contributed by atoms with Gasteiger partial charge in [-0.3, -0.25) is 9.69 Å². The molecule has 0 spiro atoms. The zero-order valence-corrected chi connectivity index (χ0v) is 22.4. The molecule has 0 aromatic heterocycles. The van der Waals surface area contributed by atoms with Crippen molar-refractivity contribution in [2.75, 3.05) is 20.8 Å². The molecule has 1 fully saturated rings. The highest BCUT2D eigenvalue weighted by Gasteiger charge is 2.54. The number of esters is 1. The van der Waals surface area contributed by atoms with Gasteiger partial charge in [0, 0.05) is 18.2 Å². The van der Waals surface area contributed by atoms with E-state index in [2.05, 4.69) is 10.3 Å². The van der Waals surface area contributed by atoms with Gasteiger partial charge < -0.3 is 24.3 Å². The van der Waals surface area contributed by atoms with Crippen molar-refractivity contribution in [2.24, 2.45) is 4.99 Å². The van der Waals surface area contributed by atoms with Crippen LogP contribution in [0.3, 0.4) is 0 Å². The molecule has 0 aliphatic carbocycles. The molecule has 1 saturated heterocycles. The van der Waals surface area contributed by atoms with Gasteiger partial charge in [0.15, 0.2) is 5.60 Å². The second-order valence-electron chi connectivity index (χ2n) is 10.5. The Balaban J connectivity index is 2.19. The highest BCUT2D eigenvalue weighted by Crippen LogP contribution is 2.48. The number of nitrogens with zero attached hydrogens (tertiary/aromatic N) is 2. The maximum absolute atomic E-state index is 13.8. The summed E-state index contributed by atoms with van der Waals surface area (Å²) in [6.45, 7) is 11.2. The monoisotopic (exact) mass is 503 g/mol. The van der Waals surface area contributed by atoms with Gasteiger partial charge in [-0.1, -0.05) is 13.8 Å². The molecular weight excluding hydrogens is 466 g/mol. The highest BCUT2D eigenvalue weighted by atomic mass is 16.6. The lowest BCUT2D eigenvalue weighted by atomic mass is 9.84. The molecule has 2 heterocycles. The Hall–Kier alpha value is -3.14. The number of carbonyl (C=O) groups is 3. The van der Waals surface area contributed by atoms with Crippen LogP contribution < -0.4 is 10.1 Å². The molecule has 2 unspecified atom stereocenters. The molecule has 1 aromatic rings. The lowest BCUT2D eigenvalue weighted by Gasteiger charge is -2.46. The standard InChI is InChI=1S/C26H37N3O7/c1-9-26(10-2)14-19(30)29(22(28-26)27-23(32)36-24(3,4)5)20-17-13-16(21(31)34-8)11-12-18(17)35-25(20,6)15-33-7/h11-13,20H,9-10,14-15H2,1-8H3,(H,27,28,32). The molecule has 2 aliphatic rings. The van der Waals surface area contributed by atoms with Crippen molar-refractivity contribution in [3.05, 3.63) is 29.3 Å². The molecule has 36 heavy (non-hydrogen) atoms. The fraction of sp³-hybridized carbons (Fsp3) is 0.615. The molecule has 2 aliphatic heterocycles. The molecule has 2 atom stereocenters. The van der Waals surface area contributed by atoms with Crippen molar-refractivity contribution in [3.63, 3.8) is 0 Å². The maximum atomic E-state index is 13.8. The van der Waals surface area contributed by atoms with Gasteiger partial charge in [0.2, 0.25) is 11.9 Å². The van der Waals surface area contributed by atoms with E-state index in [1.807, 2.05) is 20.8 Å². The molecule has 198 valence electrons. The summed E-state index contributed by atoms with van der Waals surface area (Å²) in [6, 6.07) is 4.17. The highest BCUT2D eigenvalue weighted by molar-refractivity contribution is 6.04. The molecular formula is C26H37N3O7. The van der Waals surface area contributed by atoms with E-state index in [0.29, 0.717) is 29.7 Å². The summed E-state index contributed by atoms with van der Waals surface area (Å²) >= 11 is 0. The number of rotatable bonds is 6. The number of nitrogens with one attached hydrogen (secondary N) is 1. The predicted octanol–water partition coefficient (Wildman–Crippen LogP) is 3.98. The SMILES string of the molecule is CCC1(CC)CC(=O)N(C2c3cc(C(=O)OC)ccc3OC2(C)COC)C(=NC(=O)OC(C)(C)C)N1. The van der Waals surface area contributed by atoms with Gasteiger partial charge >= 0.3 is 12.1 Å². The number of amides is 2. The average molecular weight is 504 g/mol. The number of hydrogen-bond acceptors (Lipinski definition) is 7. The molecule has 0 saturated carbocycles. The Morgan fingerprint density at radius 1 is 1.22 bits per heavy atom. The maximum Gasteiger partial charge on any atom is 0.437 e. The second-order valence-corrected chi connectivity index (χ2v) is 10.5. The normalized spacial score (nSPS) is 24.1. The third-order valence-electron chi connectivity index (χ3n) is 6.64. The topological polar surface area (TPSA) is 116 Å². The molecule has 1 aromatic carbocycles. The Labute approximate surface area is 212 Å². The van der Waals surface area contributed by atoms with Crippen molar-refractivity contribution in [1.82, 2.24) is 10.2 Å². The van der Waals surface area contributed by atoms with E-state index in [4.69, 9.17) is 18.9 Å². The lowest BCUT2D eigenvalue weighted by Crippen LogP contribution is -2.65. The summed E-state index contributed by atoms with van der Waals surface area (Å²) in [5.74, 6) is -0.165. The fourth-order valence-electron chi connectivity index (χ4n) is 4.77. The van der Waals surface area contributed by atoms with Gasteiger partial charge in [-0.15, -0.1) is 4.99 Å². The number of aliphatic imine (C=N–C) groups is 1. The first-order valence-electron chi connectivity index (χ1n) is 12.1. The average Bonchev–Trinajstić information content (AvgIpc) is 3.07. The first-order valence-corrected chi connectivity index (χ1v) is 12.1. The number of guanidine groups is 1. The minimum atomic E-state index is -1.03. The van der Waals surface area contributed by atoms with E-state index >= 15 is 0 Å². The van der Waals surface area contributed by atoms with Gasteiger partial charge in [-0.25, -0.2) is 9.59 Å². The van der Waals surface area contributed by atoms with Crippen molar-refractivity contribution >= 4 is 23.9 Å². The molecule has 3 rings (SSSR count). The largest absolute Gasteiger partial charge is 0.482 e. The van der Waals surface area contributed by atoms with Crippen LogP contribution in [0.5, 0.6) is 5.75 Å². The van der Waals surface area contributed by atoms with E-state index in [1.54, 1.807) is 46.1 Å². The number of ether oxygens (including phenoxy) is 4. The zero-order valence-electron chi connectivity index (χ0n) is 22.4. The quantitative estimate of drug-likeness (QED) is 0.580. The number of carbonyl (C=O) groups excluding carboxylic acids is 3. The van der Waals surface area contributed by atoms with Gasteiger partial charge in [0.1, 0.15) is 17.4 Å². The van der Waals surface area contributed by atoms with Crippen molar-refractivity contribution < 1.29 is 33.3 Å². The van der Waals surface area contributed by atoms with Crippen LogP contribution in [0.4, 0.5) is 4.79 Å².